The van der Waals surface area contributed by atoms with Gasteiger partial charge in [-0.1, -0.05) is 11.3 Å². The van der Waals surface area contributed by atoms with Gasteiger partial charge in [0, 0.05) is 17.1 Å². The van der Waals surface area contributed by atoms with Crippen LogP contribution in [0.3, 0.4) is 0 Å². The fraction of sp³-hybridized carbons (Fsp3) is 0.562. The zero-order chi connectivity index (χ0) is 17.8. The molecule has 1 aromatic heterocycles. The van der Waals surface area contributed by atoms with Gasteiger partial charge in [-0.15, -0.1) is 0 Å². The van der Waals surface area contributed by atoms with Crippen LogP contribution in [-0.2, 0) is 10.0 Å². The Bertz CT molecular complexity index is 909. The van der Waals surface area contributed by atoms with E-state index in [1.165, 1.54) is 6.07 Å². The number of thiazole rings is 1. The van der Waals surface area contributed by atoms with Gasteiger partial charge in [-0.2, -0.15) is 0 Å². The lowest BCUT2D eigenvalue weighted by Crippen LogP contribution is -2.62. The molecule has 0 saturated carbocycles. The van der Waals surface area contributed by atoms with Gasteiger partial charge in [0.2, 0.25) is 10.0 Å². The first-order chi connectivity index (χ1) is 11.0. The van der Waals surface area contributed by atoms with Gasteiger partial charge >= 0.3 is 4.87 Å². The van der Waals surface area contributed by atoms with Crippen LogP contribution in [-0.4, -0.2) is 30.5 Å². The summed E-state index contributed by atoms with van der Waals surface area (Å²) in [6.07, 6.45) is 1.44. The van der Waals surface area contributed by atoms with Crippen molar-refractivity contribution < 1.29 is 8.42 Å². The number of nitrogens with one attached hydrogen (secondary N) is 3. The van der Waals surface area contributed by atoms with Crippen molar-refractivity contribution in [2.75, 3.05) is 0 Å². The Morgan fingerprint density at radius 3 is 2.42 bits per heavy atom. The lowest BCUT2D eigenvalue weighted by atomic mass is 9.80. The third-order valence-electron chi connectivity index (χ3n) is 4.21. The highest BCUT2D eigenvalue weighted by atomic mass is 32.2. The van der Waals surface area contributed by atoms with E-state index in [2.05, 4.69) is 42.7 Å². The van der Waals surface area contributed by atoms with E-state index in [9.17, 15) is 13.2 Å². The predicted octanol–water partition coefficient (Wildman–Crippen LogP) is 2.18. The molecule has 0 aliphatic carbocycles. The first-order valence-corrected chi connectivity index (χ1v) is 10.2. The van der Waals surface area contributed by atoms with Crippen molar-refractivity contribution in [3.8, 4) is 0 Å². The number of fused-ring (bicyclic) bond motifs is 1. The lowest BCUT2D eigenvalue weighted by Gasteiger charge is -2.46. The molecule has 1 aliphatic rings. The van der Waals surface area contributed by atoms with Gasteiger partial charge in [0.15, 0.2) is 0 Å². The molecule has 132 valence electrons. The summed E-state index contributed by atoms with van der Waals surface area (Å²) in [6, 6.07) is 4.59. The van der Waals surface area contributed by atoms with Crippen molar-refractivity contribution in [2.24, 2.45) is 0 Å². The van der Waals surface area contributed by atoms with Crippen molar-refractivity contribution in [3.05, 3.63) is 27.9 Å². The average Bonchev–Trinajstić information content (AvgIpc) is 2.72. The molecular weight excluding hydrogens is 346 g/mol. The number of benzene rings is 1. The van der Waals surface area contributed by atoms with Gasteiger partial charge in [-0.3, -0.25) is 4.79 Å². The van der Waals surface area contributed by atoms with Gasteiger partial charge in [-0.05, 0) is 58.7 Å². The molecule has 24 heavy (non-hydrogen) atoms. The number of piperidine rings is 1. The van der Waals surface area contributed by atoms with E-state index in [4.69, 9.17) is 0 Å². The van der Waals surface area contributed by atoms with E-state index in [-0.39, 0.29) is 26.9 Å². The van der Waals surface area contributed by atoms with Crippen LogP contribution < -0.4 is 14.9 Å². The van der Waals surface area contributed by atoms with E-state index in [0.717, 1.165) is 24.2 Å². The Morgan fingerprint density at radius 1 is 1.17 bits per heavy atom. The molecular formula is C16H23N3O3S2. The van der Waals surface area contributed by atoms with E-state index >= 15 is 0 Å². The average molecular weight is 370 g/mol. The minimum Gasteiger partial charge on any atom is -0.312 e. The highest BCUT2D eigenvalue weighted by molar-refractivity contribution is 7.89. The minimum absolute atomic E-state index is 0.137. The van der Waals surface area contributed by atoms with E-state index in [1.54, 1.807) is 12.1 Å². The summed E-state index contributed by atoms with van der Waals surface area (Å²) >= 11 is 1.01. The van der Waals surface area contributed by atoms with Crippen LogP contribution in [0.15, 0.2) is 27.9 Å². The van der Waals surface area contributed by atoms with E-state index < -0.39 is 10.0 Å². The summed E-state index contributed by atoms with van der Waals surface area (Å²) in [5, 5.41) is 3.54. The quantitative estimate of drug-likeness (QED) is 0.773. The van der Waals surface area contributed by atoms with Crippen molar-refractivity contribution in [1.29, 1.82) is 0 Å². The van der Waals surface area contributed by atoms with E-state index in [1.807, 2.05) is 0 Å². The molecule has 2 aromatic rings. The summed E-state index contributed by atoms with van der Waals surface area (Å²) in [4.78, 5) is 14.1. The van der Waals surface area contributed by atoms with Crippen molar-refractivity contribution in [1.82, 2.24) is 15.0 Å². The van der Waals surface area contributed by atoms with Crippen molar-refractivity contribution >= 4 is 31.6 Å². The van der Waals surface area contributed by atoms with Gasteiger partial charge < -0.3 is 10.3 Å². The maximum Gasteiger partial charge on any atom is 0.305 e. The fourth-order valence-corrected chi connectivity index (χ4v) is 5.90. The van der Waals surface area contributed by atoms with Crippen LogP contribution in [0.4, 0.5) is 0 Å². The minimum atomic E-state index is -3.63. The van der Waals surface area contributed by atoms with Crippen LogP contribution in [0.1, 0.15) is 40.5 Å². The summed E-state index contributed by atoms with van der Waals surface area (Å²) in [6.45, 7) is 8.33. The zero-order valence-electron chi connectivity index (χ0n) is 14.3. The number of H-pyrrole nitrogens is 1. The lowest BCUT2D eigenvalue weighted by molar-refractivity contribution is 0.157. The summed E-state index contributed by atoms with van der Waals surface area (Å²) in [5.74, 6) is 0. The molecule has 2 heterocycles. The molecule has 8 heteroatoms. The Balaban J connectivity index is 1.88. The van der Waals surface area contributed by atoms with Crippen LogP contribution in [0.25, 0.3) is 10.2 Å². The number of aromatic amines is 1. The largest absolute Gasteiger partial charge is 0.312 e. The number of sulfonamides is 1. The molecule has 0 amide bonds. The van der Waals surface area contributed by atoms with E-state index in [0.29, 0.717) is 10.2 Å². The maximum atomic E-state index is 12.8. The topological polar surface area (TPSA) is 91.1 Å². The molecule has 3 rings (SSSR count). The summed E-state index contributed by atoms with van der Waals surface area (Å²) in [7, 11) is -3.63. The second-order valence-electron chi connectivity index (χ2n) is 7.79. The monoisotopic (exact) mass is 369 g/mol. The number of hydrogen-bond donors (Lipinski definition) is 3. The van der Waals surface area contributed by atoms with Crippen LogP contribution in [0.5, 0.6) is 0 Å². The Labute approximate surface area is 145 Å². The Morgan fingerprint density at radius 2 is 1.79 bits per heavy atom. The molecule has 0 bridgehead atoms. The van der Waals surface area contributed by atoms with Crippen LogP contribution in [0.2, 0.25) is 0 Å². The standard InChI is InChI=1S/C16H23N3O3S2/c1-15(2)8-10(9-16(3,4)19-15)18-24(21,22)11-5-6-12-13(7-11)23-14(20)17-12/h5-7,10,18-19H,8-9H2,1-4H3,(H,17,20). The smallest absolute Gasteiger partial charge is 0.305 e. The molecule has 0 radical (unpaired) electrons. The van der Waals surface area contributed by atoms with Gasteiger partial charge in [0.1, 0.15) is 0 Å². The molecule has 1 aromatic carbocycles. The van der Waals surface area contributed by atoms with Gasteiger partial charge in [0.05, 0.1) is 15.1 Å². The van der Waals surface area contributed by atoms with Crippen LogP contribution in [0, 0.1) is 0 Å². The fourth-order valence-electron chi connectivity index (χ4n) is 3.79. The second kappa shape index (κ2) is 5.66. The number of aromatic nitrogens is 1. The maximum absolute atomic E-state index is 12.8. The summed E-state index contributed by atoms with van der Waals surface area (Å²) in [5.41, 5.74) is 0.381. The number of hydrogen-bond acceptors (Lipinski definition) is 5. The number of rotatable bonds is 3. The molecule has 0 spiro atoms. The molecule has 3 N–H and O–H groups in total. The molecule has 1 aliphatic heterocycles. The molecule has 1 saturated heterocycles. The predicted molar refractivity (Wildman–Crippen MR) is 97.1 cm³/mol. The normalized spacial score (nSPS) is 21.2. The van der Waals surface area contributed by atoms with Gasteiger partial charge in [-0.25, -0.2) is 13.1 Å². The zero-order valence-corrected chi connectivity index (χ0v) is 15.9. The highest BCUT2D eigenvalue weighted by Gasteiger charge is 2.39. The first kappa shape index (κ1) is 17.6. The van der Waals surface area contributed by atoms with Crippen molar-refractivity contribution in [3.63, 3.8) is 0 Å². The second-order valence-corrected chi connectivity index (χ2v) is 10.5. The summed E-state index contributed by atoms with van der Waals surface area (Å²) < 4.78 is 29.0. The Kier molecular flexibility index (Phi) is 4.15. The molecule has 0 unspecified atom stereocenters. The molecule has 0 atom stereocenters. The van der Waals surface area contributed by atoms with Crippen molar-refractivity contribution in [2.45, 2.75) is 62.6 Å². The molecule has 6 nitrogen and oxygen atoms in total. The SMILES string of the molecule is CC1(C)CC(NS(=O)(=O)c2ccc3[nH]c(=O)sc3c2)CC(C)(C)N1. The van der Waals surface area contributed by atoms with Crippen LogP contribution >= 0.6 is 11.3 Å². The van der Waals surface area contributed by atoms with Gasteiger partial charge in [0.25, 0.3) is 0 Å². The highest BCUT2D eigenvalue weighted by Crippen LogP contribution is 2.29. The third-order valence-corrected chi connectivity index (χ3v) is 6.58. The molecule has 1 fully saturated rings. The first-order valence-electron chi connectivity index (χ1n) is 7.90. The third kappa shape index (κ3) is 3.72. The Hall–Kier alpha value is -1.22.